The summed E-state index contributed by atoms with van der Waals surface area (Å²) < 4.78 is 52.4. The van der Waals surface area contributed by atoms with Crippen molar-refractivity contribution in [3.8, 4) is 0 Å². The molecule has 0 N–H and O–H groups in total. The summed E-state index contributed by atoms with van der Waals surface area (Å²) in [6.45, 7) is 3.38. The molecule has 2 aromatic rings. The molecule has 0 amide bonds. The highest BCUT2D eigenvalue weighted by Crippen LogP contribution is 2.35. The van der Waals surface area contributed by atoms with Crippen LogP contribution >= 0.6 is 0 Å². The van der Waals surface area contributed by atoms with E-state index in [1.54, 1.807) is 36.4 Å². The Labute approximate surface area is 174 Å². The number of unbranched alkanes of at least 4 members (excludes halogenated alkanes) is 2. The van der Waals surface area contributed by atoms with E-state index in [1.807, 2.05) is 6.92 Å². The molecule has 0 aliphatic rings. The number of benzene rings is 2. The third kappa shape index (κ3) is 5.76. The van der Waals surface area contributed by atoms with Crippen LogP contribution in [0.15, 0.2) is 70.5 Å². The van der Waals surface area contributed by atoms with Gasteiger partial charge in [-0.05, 0) is 43.5 Å². The molecule has 2 aromatic carbocycles. The Morgan fingerprint density at radius 3 is 1.62 bits per heavy atom. The first-order valence-electron chi connectivity index (χ1n) is 9.78. The molecule has 1 atom stereocenters. The standard InChI is InChI=1S/C22H28O5S2/c1-3-4-7-12-19(17-18(2)23)22(28(24,25)20-13-8-5-9-14-20)29(26,27)21-15-10-6-11-16-21/h5-6,8-11,13-16,19,22H,3-4,7,12,17H2,1-2H3/t19-/m1/s1. The summed E-state index contributed by atoms with van der Waals surface area (Å²) >= 11 is 0. The maximum absolute atomic E-state index is 13.5. The molecule has 29 heavy (non-hydrogen) atoms. The molecular formula is C22H28O5S2. The number of rotatable bonds is 11. The Balaban J connectivity index is 2.65. The van der Waals surface area contributed by atoms with Gasteiger partial charge in [-0.2, -0.15) is 0 Å². The van der Waals surface area contributed by atoms with Gasteiger partial charge >= 0.3 is 0 Å². The van der Waals surface area contributed by atoms with Crippen LogP contribution in [0.1, 0.15) is 46.0 Å². The summed E-state index contributed by atoms with van der Waals surface area (Å²) in [6, 6.07) is 15.2. The van der Waals surface area contributed by atoms with Gasteiger partial charge in [0, 0.05) is 6.42 Å². The lowest BCUT2D eigenvalue weighted by atomic mass is 9.98. The van der Waals surface area contributed by atoms with Crippen molar-refractivity contribution in [1.82, 2.24) is 0 Å². The second kappa shape index (κ2) is 10.2. The van der Waals surface area contributed by atoms with Crippen molar-refractivity contribution in [2.45, 2.75) is 60.3 Å². The molecule has 0 fully saturated rings. The fourth-order valence-corrected chi connectivity index (χ4v) is 8.61. The van der Waals surface area contributed by atoms with Crippen LogP contribution < -0.4 is 0 Å². The van der Waals surface area contributed by atoms with Crippen molar-refractivity contribution < 1.29 is 21.6 Å². The van der Waals surface area contributed by atoms with E-state index in [1.165, 1.54) is 31.2 Å². The highest BCUT2D eigenvalue weighted by molar-refractivity contribution is 8.09. The number of hydrogen-bond acceptors (Lipinski definition) is 5. The van der Waals surface area contributed by atoms with Gasteiger partial charge in [0.15, 0.2) is 24.3 Å². The number of hydrogen-bond donors (Lipinski definition) is 0. The molecule has 2 rings (SSSR count). The van der Waals surface area contributed by atoms with Crippen LogP contribution in [0.4, 0.5) is 0 Å². The second-order valence-corrected chi connectivity index (χ2v) is 11.7. The smallest absolute Gasteiger partial charge is 0.196 e. The molecular weight excluding hydrogens is 408 g/mol. The zero-order valence-corrected chi connectivity index (χ0v) is 18.5. The topological polar surface area (TPSA) is 85.3 Å². The average molecular weight is 437 g/mol. The molecule has 0 unspecified atom stereocenters. The average Bonchev–Trinajstić information content (AvgIpc) is 2.68. The lowest BCUT2D eigenvalue weighted by molar-refractivity contribution is -0.117. The lowest BCUT2D eigenvalue weighted by Gasteiger charge is -2.27. The first-order valence-corrected chi connectivity index (χ1v) is 12.9. The summed E-state index contributed by atoms with van der Waals surface area (Å²) in [5, 5.41) is 0. The minimum absolute atomic E-state index is 0.0476. The zero-order chi connectivity index (χ0) is 21.5. The summed E-state index contributed by atoms with van der Waals surface area (Å²) in [7, 11) is -8.46. The van der Waals surface area contributed by atoms with E-state index in [4.69, 9.17) is 0 Å². The van der Waals surface area contributed by atoms with Crippen LogP contribution in [0, 0.1) is 5.92 Å². The Hall–Kier alpha value is -1.99. The summed E-state index contributed by atoms with van der Waals surface area (Å²) in [5.41, 5.74) is 0. The Bertz CT molecular complexity index is 928. The van der Waals surface area contributed by atoms with Crippen LogP contribution in [-0.4, -0.2) is 27.2 Å². The minimum Gasteiger partial charge on any atom is -0.300 e. The van der Waals surface area contributed by atoms with E-state index in [0.29, 0.717) is 12.8 Å². The Morgan fingerprint density at radius 2 is 1.24 bits per heavy atom. The van der Waals surface area contributed by atoms with E-state index in [-0.39, 0.29) is 22.0 Å². The molecule has 0 saturated carbocycles. The maximum Gasteiger partial charge on any atom is 0.196 e. The van der Waals surface area contributed by atoms with Crippen LogP contribution in [0.25, 0.3) is 0 Å². The first kappa shape index (κ1) is 23.3. The molecule has 5 nitrogen and oxygen atoms in total. The van der Waals surface area contributed by atoms with Gasteiger partial charge in [0.05, 0.1) is 9.79 Å². The summed E-state index contributed by atoms with van der Waals surface area (Å²) in [5.74, 6) is -1.03. The molecule has 7 heteroatoms. The monoisotopic (exact) mass is 436 g/mol. The third-order valence-electron chi connectivity index (χ3n) is 4.87. The predicted octanol–water partition coefficient (Wildman–Crippen LogP) is 4.44. The number of Topliss-reactive ketones (excluding diaryl/α,β-unsaturated/α-hetero) is 1. The van der Waals surface area contributed by atoms with Gasteiger partial charge in [0.2, 0.25) is 0 Å². The number of sulfone groups is 2. The van der Waals surface area contributed by atoms with Gasteiger partial charge in [0.1, 0.15) is 5.78 Å². The van der Waals surface area contributed by atoms with E-state index >= 15 is 0 Å². The number of ketones is 1. The molecule has 158 valence electrons. The van der Waals surface area contributed by atoms with Crippen molar-refractivity contribution in [3.63, 3.8) is 0 Å². The molecule has 0 aliphatic heterocycles. The predicted molar refractivity (Wildman–Crippen MR) is 114 cm³/mol. The molecule has 0 bridgehead atoms. The van der Waals surface area contributed by atoms with E-state index in [9.17, 15) is 21.6 Å². The van der Waals surface area contributed by atoms with Gasteiger partial charge in [-0.15, -0.1) is 0 Å². The normalized spacial score (nSPS) is 13.3. The molecule has 0 spiro atoms. The number of carbonyl (C=O) groups excluding carboxylic acids is 1. The highest BCUT2D eigenvalue weighted by Gasteiger charge is 2.45. The van der Waals surface area contributed by atoms with Crippen molar-refractivity contribution in [2.75, 3.05) is 0 Å². The molecule has 0 heterocycles. The van der Waals surface area contributed by atoms with Crippen LogP contribution in [0.2, 0.25) is 0 Å². The van der Waals surface area contributed by atoms with E-state index in [2.05, 4.69) is 0 Å². The SMILES string of the molecule is CCCCC[C@H](CC(C)=O)C(S(=O)(=O)c1ccccc1)S(=O)(=O)c1ccccc1. The molecule has 0 aromatic heterocycles. The Morgan fingerprint density at radius 1 is 0.793 bits per heavy atom. The Kier molecular flexibility index (Phi) is 8.16. The van der Waals surface area contributed by atoms with Gasteiger partial charge in [-0.3, -0.25) is 0 Å². The van der Waals surface area contributed by atoms with Crippen molar-refractivity contribution in [3.05, 3.63) is 60.7 Å². The van der Waals surface area contributed by atoms with Crippen LogP contribution in [0.3, 0.4) is 0 Å². The maximum atomic E-state index is 13.5. The summed E-state index contributed by atoms with van der Waals surface area (Å²) in [6.07, 6.45) is 2.69. The van der Waals surface area contributed by atoms with Crippen molar-refractivity contribution >= 4 is 25.5 Å². The van der Waals surface area contributed by atoms with Gasteiger partial charge < -0.3 is 4.79 Å². The third-order valence-corrected chi connectivity index (χ3v) is 10.2. The highest BCUT2D eigenvalue weighted by atomic mass is 32.3. The quantitative estimate of drug-likeness (QED) is 0.486. The lowest BCUT2D eigenvalue weighted by Crippen LogP contribution is -2.38. The van der Waals surface area contributed by atoms with Crippen LogP contribution in [-0.2, 0) is 24.5 Å². The molecule has 0 saturated heterocycles. The minimum atomic E-state index is -4.23. The molecule has 0 radical (unpaired) electrons. The van der Waals surface area contributed by atoms with Gasteiger partial charge in [-0.25, -0.2) is 16.8 Å². The second-order valence-electron chi connectivity index (χ2n) is 7.25. The molecule has 0 aliphatic carbocycles. The van der Waals surface area contributed by atoms with Gasteiger partial charge in [0.25, 0.3) is 0 Å². The van der Waals surface area contributed by atoms with Crippen LogP contribution in [0.5, 0.6) is 0 Å². The summed E-state index contributed by atoms with van der Waals surface area (Å²) in [4.78, 5) is 11.8. The zero-order valence-electron chi connectivity index (χ0n) is 16.8. The van der Waals surface area contributed by atoms with Gasteiger partial charge in [-0.1, -0.05) is 62.6 Å². The largest absolute Gasteiger partial charge is 0.300 e. The fourth-order valence-electron chi connectivity index (χ4n) is 3.52. The van der Waals surface area contributed by atoms with Crippen molar-refractivity contribution in [1.29, 1.82) is 0 Å². The van der Waals surface area contributed by atoms with E-state index in [0.717, 1.165) is 12.8 Å². The van der Waals surface area contributed by atoms with Crippen molar-refractivity contribution in [2.24, 2.45) is 5.92 Å². The first-order chi connectivity index (χ1) is 13.7. The fraction of sp³-hybridized carbons (Fsp3) is 0.409. The van der Waals surface area contributed by atoms with E-state index < -0.39 is 30.2 Å². The number of carbonyl (C=O) groups is 1.